The molecule has 140 valence electrons. The molecule has 8 heteroatoms. The standard InChI is InChI=1S/C18H23N3O4S/c1-14(15-7-5-4-6-8-15)11-19-17(22)13-21-12-16(9-10-18(21)23)26(24,25)20(2)3/h4-10,12,14H,11,13H2,1-3H3,(H,19,22)/t14-/m1/s1. The maximum absolute atomic E-state index is 12.2. The number of sulfonamides is 1. The zero-order valence-electron chi connectivity index (χ0n) is 15.0. The molecule has 0 aliphatic heterocycles. The highest BCUT2D eigenvalue weighted by atomic mass is 32.2. The van der Waals surface area contributed by atoms with Crippen molar-refractivity contribution in [2.24, 2.45) is 0 Å². The lowest BCUT2D eigenvalue weighted by molar-refractivity contribution is -0.121. The van der Waals surface area contributed by atoms with Crippen LogP contribution in [0.4, 0.5) is 0 Å². The first-order valence-electron chi connectivity index (χ1n) is 8.16. The number of hydrogen-bond donors (Lipinski definition) is 1. The number of carbonyl (C=O) groups is 1. The second-order valence-electron chi connectivity index (χ2n) is 6.23. The summed E-state index contributed by atoms with van der Waals surface area (Å²) in [6.45, 7) is 2.18. The van der Waals surface area contributed by atoms with Gasteiger partial charge in [-0.05, 0) is 17.5 Å². The van der Waals surface area contributed by atoms with Crippen molar-refractivity contribution < 1.29 is 13.2 Å². The molecule has 0 bridgehead atoms. The van der Waals surface area contributed by atoms with Gasteiger partial charge >= 0.3 is 0 Å². The quantitative estimate of drug-likeness (QED) is 0.780. The molecular formula is C18H23N3O4S. The van der Waals surface area contributed by atoms with E-state index in [1.807, 2.05) is 37.3 Å². The normalized spacial score (nSPS) is 12.8. The monoisotopic (exact) mass is 377 g/mol. The number of nitrogens with one attached hydrogen (secondary N) is 1. The van der Waals surface area contributed by atoms with Crippen LogP contribution in [0.2, 0.25) is 0 Å². The molecule has 0 aliphatic carbocycles. The predicted octanol–water partition coefficient (Wildman–Crippen LogP) is 1.02. The van der Waals surface area contributed by atoms with Gasteiger partial charge in [0.25, 0.3) is 5.56 Å². The molecule has 1 amide bonds. The Balaban J connectivity index is 2.06. The van der Waals surface area contributed by atoms with Crippen LogP contribution in [0.1, 0.15) is 18.4 Å². The number of pyridine rings is 1. The van der Waals surface area contributed by atoms with Gasteiger partial charge in [-0.1, -0.05) is 37.3 Å². The zero-order valence-corrected chi connectivity index (χ0v) is 15.9. The summed E-state index contributed by atoms with van der Waals surface area (Å²) in [6, 6.07) is 12.2. The second kappa shape index (κ2) is 8.29. The number of rotatable bonds is 7. The van der Waals surface area contributed by atoms with Gasteiger partial charge in [-0.2, -0.15) is 0 Å². The van der Waals surface area contributed by atoms with Crippen LogP contribution in [-0.4, -0.2) is 43.8 Å². The van der Waals surface area contributed by atoms with Gasteiger partial charge in [0.1, 0.15) is 6.54 Å². The van der Waals surface area contributed by atoms with Crippen LogP contribution in [0.5, 0.6) is 0 Å². The number of amides is 1. The van der Waals surface area contributed by atoms with E-state index in [0.717, 1.165) is 20.5 Å². The van der Waals surface area contributed by atoms with Crippen LogP contribution in [0.3, 0.4) is 0 Å². The summed E-state index contributed by atoms with van der Waals surface area (Å²) < 4.78 is 26.5. The van der Waals surface area contributed by atoms with Crippen molar-refractivity contribution in [1.82, 2.24) is 14.2 Å². The largest absolute Gasteiger partial charge is 0.354 e. The van der Waals surface area contributed by atoms with Crippen molar-refractivity contribution >= 4 is 15.9 Å². The fourth-order valence-electron chi connectivity index (χ4n) is 2.37. The summed E-state index contributed by atoms with van der Waals surface area (Å²) >= 11 is 0. The lowest BCUT2D eigenvalue weighted by atomic mass is 10.0. The minimum atomic E-state index is -3.67. The van der Waals surface area contributed by atoms with Gasteiger partial charge in [-0.3, -0.25) is 9.59 Å². The van der Waals surface area contributed by atoms with E-state index in [-0.39, 0.29) is 23.3 Å². The molecule has 0 radical (unpaired) electrons. The van der Waals surface area contributed by atoms with Gasteiger partial charge < -0.3 is 9.88 Å². The maximum Gasteiger partial charge on any atom is 0.251 e. The van der Waals surface area contributed by atoms with Crippen molar-refractivity contribution in [2.45, 2.75) is 24.3 Å². The third-order valence-electron chi connectivity index (χ3n) is 4.02. The second-order valence-corrected chi connectivity index (χ2v) is 8.39. The molecule has 1 aromatic carbocycles. The molecule has 1 heterocycles. The Morgan fingerprint density at radius 1 is 1.15 bits per heavy atom. The van der Waals surface area contributed by atoms with E-state index >= 15 is 0 Å². The summed E-state index contributed by atoms with van der Waals surface area (Å²) in [5.74, 6) is -0.230. The number of aromatic nitrogens is 1. The fraction of sp³-hybridized carbons (Fsp3) is 0.333. The molecule has 0 fully saturated rings. The fourth-order valence-corrected chi connectivity index (χ4v) is 3.30. The summed E-state index contributed by atoms with van der Waals surface area (Å²) in [5, 5.41) is 2.78. The summed E-state index contributed by atoms with van der Waals surface area (Å²) in [5.41, 5.74) is 0.665. The molecule has 7 nitrogen and oxygen atoms in total. The van der Waals surface area contributed by atoms with Crippen molar-refractivity contribution in [3.05, 3.63) is 64.6 Å². The molecular weight excluding hydrogens is 354 g/mol. The van der Waals surface area contributed by atoms with Crippen LogP contribution in [-0.2, 0) is 21.4 Å². The van der Waals surface area contributed by atoms with Crippen molar-refractivity contribution in [2.75, 3.05) is 20.6 Å². The van der Waals surface area contributed by atoms with E-state index in [0.29, 0.717) is 6.54 Å². The van der Waals surface area contributed by atoms with Gasteiger partial charge in [-0.25, -0.2) is 12.7 Å². The highest BCUT2D eigenvalue weighted by Gasteiger charge is 2.18. The number of carbonyl (C=O) groups excluding carboxylic acids is 1. The van der Waals surface area contributed by atoms with Crippen LogP contribution in [0.15, 0.2) is 58.4 Å². The van der Waals surface area contributed by atoms with E-state index in [2.05, 4.69) is 5.32 Å². The molecule has 0 spiro atoms. The third-order valence-corrected chi connectivity index (χ3v) is 5.82. The smallest absolute Gasteiger partial charge is 0.251 e. The molecule has 0 saturated carbocycles. The van der Waals surface area contributed by atoms with Crippen LogP contribution >= 0.6 is 0 Å². The topological polar surface area (TPSA) is 88.5 Å². The Morgan fingerprint density at radius 3 is 2.42 bits per heavy atom. The first-order chi connectivity index (χ1) is 12.2. The zero-order chi connectivity index (χ0) is 19.3. The summed E-state index contributed by atoms with van der Waals surface area (Å²) in [7, 11) is -0.861. The summed E-state index contributed by atoms with van der Waals surface area (Å²) in [6.07, 6.45) is 1.19. The Kier molecular flexibility index (Phi) is 6.33. The number of benzene rings is 1. The SMILES string of the molecule is C[C@H](CNC(=O)Cn1cc(S(=O)(=O)N(C)C)ccc1=O)c1ccccc1. The summed E-state index contributed by atoms with van der Waals surface area (Å²) in [4.78, 5) is 24.1. The molecule has 1 atom stereocenters. The Morgan fingerprint density at radius 2 is 1.81 bits per heavy atom. The van der Waals surface area contributed by atoms with Crippen molar-refractivity contribution in [1.29, 1.82) is 0 Å². The average Bonchev–Trinajstić information content (AvgIpc) is 2.62. The Labute approximate surface area is 153 Å². The van der Waals surface area contributed by atoms with E-state index in [1.54, 1.807) is 0 Å². The van der Waals surface area contributed by atoms with E-state index < -0.39 is 15.6 Å². The first-order valence-corrected chi connectivity index (χ1v) is 9.60. The predicted molar refractivity (Wildman–Crippen MR) is 99.4 cm³/mol. The van der Waals surface area contributed by atoms with Gasteiger partial charge in [0.15, 0.2) is 0 Å². The molecule has 1 N–H and O–H groups in total. The Hall–Kier alpha value is -2.45. The number of hydrogen-bond acceptors (Lipinski definition) is 4. The van der Waals surface area contributed by atoms with E-state index in [1.165, 1.54) is 26.4 Å². The molecule has 2 aromatic rings. The minimum Gasteiger partial charge on any atom is -0.354 e. The van der Waals surface area contributed by atoms with Gasteiger partial charge in [-0.15, -0.1) is 0 Å². The lowest BCUT2D eigenvalue weighted by Crippen LogP contribution is -2.34. The molecule has 1 aromatic heterocycles. The van der Waals surface area contributed by atoms with Gasteiger partial charge in [0.05, 0.1) is 4.90 Å². The average molecular weight is 377 g/mol. The number of nitrogens with zero attached hydrogens (tertiary/aromatic N) is 2. The van der Waals surface area contributed by atoms with E-state index in [4.69, 9.17) is 0 Å². The highest BCUT2D eigenvalue weighted by molar-refractivity contribution is 7.89. The van der Waals surface area contributed by atoms with Crippen LogP contribution < -0.4 is 10.9 Å². The minimum absolute atomic E-state index is 0.0347. The Bertz CT molecular complexity index is 921. The van der Waals surface area contributed by atoms with Crippen molar-refractivity contribution in [3.8, 4) is 0 Å². The van der Waals surface area contributed by atoms with Crippen LogP contribution in [0.25, 0.3) is 0 Å². The molecule has 0 saturated heterocycles. The molecule has 2 rings (SSSR count). The highest BCUT2D eigenvalue weighted by Crippen LogP contribution is 2.13. The van der Waals surface area contributed by atoms with Crippen molar-refractivity contribution in [3.63, 3.8) is 0 Å². The van der Waals surface area contributed by atoms with Gasteiger partial charge in [0.2, 0.25) is 15.9 Å². The van der Waals surface area contributed by atoms with Gasteiger partial charge in [0, 0.05) is 32.9 Å². The first kappa shape index (κ1) is 19.9. The molecule has 0 aliphatic rings. The maximum atomic E-state index is 12.2. The molecule has 0 unspecified atom stereocenters. The van der Waals surface area contributed by atoms with Crippen LogP contribution in [0, 0.1) is 0 Å². The third kappa shape index (κ3) is 4.80. The molecule has 26 heavy (non-hydrogen) atoms. The lowest BCUT2D eigenvalue weighted by Gasteiger charge is -2.15. The van der Waals surface area contributed by atoms with E-state index in [9.17, 15) is 18.0 Å².